The summed E-state index contributed by atoms with van der Waals surface area (Å²) in [5.41, 5.74) is 8.13. The molecule has 16 heavy (non-hydrogen) atoms. The van der Waals surface area contributed by atoms with Gasteiger partial charge in [-0.05, 0) is 18.1 Å². The molecular formula is C13H20N2O. The number of nitrogens with two attached hydrogens (primary N) is 1. The third-order valence-electron chi connectivity index (χ3n) is 3.15. The third-order valence-corrected chi connectivity index (χ3v) is 3.15. The molecule has 0 amide bonds. The van der Waals surface area contributed by atoms with Crippen LogP contribution in [0.2, 0.25) is 0 Å². The summed E-state index contributed by atoms with van der Waals surface area (Å²) >= 11 is 0. The van der Waals surface area contributed by atoms with Crippen LogP contribution in [0.3, 0.4) is 0 Å². The van der Waals surface area contributed by atoms with Gasteiger partial charge in [-0.1, -0.05) is 24.3 Å². The molecule has 1 heterocycles. The smallest absolute Gasteiger partial charge is 0.0619 e. The number of morpholine rings is 1. The molecule has 1 aromatic carbocycles. The highest BCUT2D eigenvalue weighted by atomic mass is 16.5. The van der Waals surface area contributed by atoms with Gasteiger partial charge in [-0.3, -0.25) is 4.90 Å². The van der Waals surface area contributed by atoms with Crippen molar-refractivity contribution in [1.82, 2.24) is 4.90 Å². The minimum absolute atomic E-state index is 0.517. The summed E-state index contributed by atoms with van der Waals surface area (Å²) in [6, 6.07) is 9.08. The van der Waals surface area contributed by atoms with Gasteiger partial charge in [-0.25, -0.2) is 0 Å². The second-order valence-electron chi connectivity index (χ2n) is 4.42. The Morgan fingerprint density at radius 1 is 1.31 bits per heavy atom. The zero-order chi connectivity index (χ0) is 11.4. The molecule has 3 heteroatoms. The molecule has 1 fully saturated rings. The van der Waals surface area contributed by atoms with Crippen molar-refractivity contribution in [2.45, 2.75) is 26.1 Å². The lowest BCUT2D eigenvalue weighted by molar-refractivity contribution is -0.00437. The standard InChI is InChI=1S/C13H20N2O/c1-11-10-16-7-6-15(11)9-13-4-2-12(8-14)3-5-13/h2-5,11H,6-10,14H2,1H3. The van der Waals surface area contributed by atoms with Crippen LogP contribution in [0, 0.1) is 0 Å². The monoisotopic (exact) mass is 220 g/mol. The van der Waals surface area contributed by atoms with Crippen molar-refractivity contribution >= 4 is 0 Å². The molecule has 0 aliphatic carbocycles. The highest BCUT2D eigenvalue weighted by molar-refractivity contribution is 5.22. The first-order valence-electron chi connectivity index (χ1n) is 5.89. The van der Waals surface area contributed by atoms with E-state index in [2.05, 4.69) is 36.1 Å². The van der Waals surface area contributed by atoms with Gasteiger partial charge in [0.05, 0.1) is 13.2 Å². The van der Waals surface area contributed by atoms with Crippen LogP contribution in [-0.4, -0.2) is 30.7 Å². The van der Waals surface area contributed by atoms with Crippen LogP contribution in [0.25, 0.3) is 0 Å². The molecule has 1 aliphatic rings. The van der Waals surface area contributed by atoms with E-state index in [1.54, 1.807) is 0 Å². The molecule has 0 aromatic heterocycles. The first kappa shape index (κ1) is 11.6. The summed E-state index contributed by atoms with van der Waals surface area (Å²) in [7, 11) is 0. The van der Waals surface area contributed by atoms with E-state index in [1.165, 1.54) is 11.1 Å². The zero-order valence-corrected chi connectivity index (χ0v) is 9.86. The lowest BCUT2D eigenvalue weighted by Crippen LogP contribution is -2.42. The largest absolute Gasteiger partial charge is 0.379 e. The second-order valence-corrected chi connectivity index (χ2v) is 4.42. The molecule has 88 valence electrons. The minimum Gasteiger partial charge on any atom is -0.379 e. The van der Waals surface area contributed by atoms with Gasteiger partial charge in [-0.15, -0.1) is 0 Å². The quantitative estimate of drug-likeness (QED) is 0.836. The molecule has 1 saturated heterocycles. The Morgan fingerprint density at radius 3 is 2.62 bits per heavy atom. The highest BCUT2D eigenvalue weighted by Gasteiger charge is 2.18. The van der Waals surface area contributed by atoms with Gasteiger partial charge < -0.3 is 10.5 Å². The van der Waals surface area contributed by atoms with E-state index < -0.39 is 0 Å². The fourth-order valence-corrected chi connectivity index (χ4v) is 2.01. The van der Waals surface area contributed by atoms with E-state index in [4.69, 9.17) is 10.5 Å². The van der Waals surface area contributed by atoms with Crippen LogP contribution in [0.4, 0.5) is 0 Å². The molecule has 3 nitrogen and oxygen atoms in total. The van der Waals surface area contributed by atoms with Gasteiger partial charge in [0.2, 0.25) is 0 Å². The lowest BCUT2D eigenvalue weighted by atomic mass is 10.1. The summed E-state index contributed by atoms with van der Waals surface area (Å²) in [5, 5.41) is 0. The summed E-state index contributed by atoms with van der Waals surface area (Å²) in [4.78, 5) is 2.46. The second kappa shape index (κ2) is 5.43. The first-order valence-corrected chi connectivity index (χ1v) is 5.89. The number of ether oxygens (including phenoxy) is 1. The first-order chi connectivity index (χ1) is 7.79. The molecule has 0 saturated carbocycles. The van der Waals surface area contributed by atoms with E-state index in [0.29, 0.717) is 12.6 Å². The van der Waals surface area contributed by atoms with Crippen LogP contribution in [0.5, 0.6) is 0 Å². The molecule has 2 rings (SSSR count). The van der Waals surface area contributed by atoms with Gasteiger partial charge >= 0.3 is 0 Å². The number of rotatable bonds is 3. The molecule has 0 radical (unpaired) electrons. The van der Waals surface area contributed by atoms with Crippen molar-refractivity contribution in [3.05, 3.63) is 35.4 Å². The summed E-state index contributed by atoms with van der Waals surface area (Å²) in [6.07, 6.45) is 0. The Balaban J connectivity index is 1.96. The average Bonchev–Trinajstić information content (AvgIpc) is 2.33. The fraction of sp³-hybridized carbons (Fsp3) is 0.538. The van der Waals surface area contributed by atoms with E-state index >= 15 is 0 Å². The van der Waals surface area contributed by atoms with Crippen molar-refractivity contribution in [2.24, 2.45) is 5.73 Å². The van der Waals surface area contributed by atoms with Gasteiger partial charge in [0.15, 0.2) is 0 Å². The minimum atomic E-state index is 0.517. The number of benzene rings is 1. The predicted molar refractivity (Wildman–Crippen MR) is 65.0 cm³/mol. The molecule has 1 atom stereocenters. The van der Waals surface area contributed by atoms with Gasteiger partial charge in [0.25, 0.3) is 0 Å². The normalized spacial score (nSPS) is 22.2. The van der Waals surface area contributed by atoms with Crippen molar-refractivity contribution in [2.75, 3.05) is 19.8 Å². The maximum absolute atomic E-state index is 5.58. The van der Waals surface area contributed by atoms with Crippen LogP contribution in [-0.2, 0) is 17.8 Å². The molecule has 0 bridgehead atoms. The number of hydrogen-bond donors (Lipinski definition) is 1. The van der Waals surface area contributed by atoms with Gasteiger partial charge in [-0.2, -0.15) is 0 Å². The lowest BCUT2D eigenvalue weighted by Gasteiger charge is -2.33. The number of hydrogen-bond acceptors (Lipinski definition) is 3. The summed E-state index contributed by atoms with van der Waals surface area (Å²) in [6.45, 7) is 6.57. The molecule has 2 N–H and O–H groups in total. The van der Waals surface area contributed by atoms with Gasteiger partial charge in [0.1, 0.15) is 0 Å². The average molecular weight is 220 g/mol. The Bertz CT molecular complexity index is 323. The maximum Gasteiger partial charge on any atom is 0.0619 e. The highest BCUT2D eigenvalue weighted by Crippen LogP contribution is 2.12. The predicted octanol–water partition coefficient (Wildman–Crippen LogP) is 1.37. The topological polar surface area (TPSA) is 38.5 Å². The fourth-order valence-electron chi connectivity index (χ4n) is 2.01. The molecular weight excluding hydrogens is 200 g/mol. The summed E-state index contributed by atoms with van der Waals surface area (Å²) < 4.78 is 5.43. The van der Waals surface area contributed by atoms with Crippen LogP contribution in [0.15, 0.2) is 24.3 Å². The summed E-state index contributed by atoms with van der Waals surface area (Å²) in [5.74, 6) is 0. The van der Waals surface area contributed by atoms with E-state index in [9.17, 15) is 0 Å². The van der Waals surface area contributed by atoms with E-state index in [0.717, 1.165) is 26.3 Å². The molecule has 1 unspecified atom stereocenters. The van der Waals surface area contributed by atoms with Crippen molar-refractivity contribution in [3.8, 4) is 0 Å². The van der Waals surface area contributed by atoms with Crippen LogP contribution < -0.4 is 5.73 Å². The van der Waals surface area contributed by atoms with Crippen LogP contribution >= 0.6 is 0 Å². The maximum atomic E-state index is 5.58. The Labute approximate surface area is 97.2 Å². The Morgan fingerprint density at radius 2 is 2.00 bits per heavy atom. The zero-order valence-electron chi connectivity index (χ0n) is 9.86. The molecule has 1 aromatic rings. The SMILES string of the molecule is CC1COCCN1Cc1ccc(CN)cc1. The third kappa shape index (κ3) is 2.82. The van der Waals surface area contributed by atoms with E-state index in [-0.39, 0.29) is 0 Å². The molecule has 0 spiro atoms. The van der Waals surface area contributed by atoms with Gasteiger partial charge in [0, 0.05) is 25.7 Å². The van der Waals surface area contributed by atoms with Crippen molar-refractivity contribution in [3.63, 3.8) is 0 Å². The Hall–Kier alpha value is -0.900. The van der Waals surface area contributed by atoms with Crippen LogP contribution in [0.1, 0.15) is 18.1 Å². The molecule has 1 aliphatic heterocycles. The Kier molecular flexibility index (Phi) is 3.93. The number of nitrogens with zero attached hydrogens (tertiary/aromatic N) is 1. The van der Waals surface area contributed by atoms with Crippen molar-refractivity contribution < 1.29 is 4.74 Å². The van der Waals surface area contributed by atoms with E-state index in [1.807, 2.05) is 0 Å². The van der Waals surface area contributed by atoms with Crippen molar-refractivity contribution in [1.29, 1.82) is 0 Å².